The van der Waals surface area contributed by atoms with Crippen LogP contribution in [0.2, 0.25) is 0 Å². The van der Waals surface area contributed by atoms with E-state index in [-0.39, 0.29) is 6.29 Å². The molecule has 0 heterocycles. The maximum atomic E-state index is 5.97. The molecule has 2 heteroatoms. The summed E-state index contributed by atoms with van der Waals surface area (Å²) < 4.78 is 11.9. The van der Waals surface area contributed by atoms with Crippen LogP contribution in [0.15, 0.2) is 0 Å². The average molecular weight is 315 g/mol. The van der Waals surface area contributed by atoms with Crippen LogP contribution in [0.5, 0.6) is 0 Å². The summed E-state index contributed by atoms with van der Waals surface area (Å²) in [6, 6.07) is 0. The third kappa shape index (κ3) is 16.3. The Morgan fingerprint density at radius 1 is 0.500 bits per heavy atom. The Kier molecular flexibility index (Phi) is 18.9. The van der Waals surface area contributed by atoms with E-state index in [9.17, 15) is 0 Å². The SMILES string of the molecule is CCCCCCCOC(CCCCC)OCCCCCCC. The van der Waals surface area contributed by atoms with Gasteiger partial charge >= 0.3 is 0 Å². The number of rotatable bonds is 18. The summed E-state index contributed by atoms with van der Waals surface area (Å²) in [4.78, 5) is 0. The van der Waals surface area contributed by atoms with E-state index in [0.29, 0.717) is 0 Å². The fourth-order valence-electron chi connectivity index (χ4n) is 2.62. The molecule has 0 aliphatic carbocycles. The molecule has 0 spiro atoms. The number of ether oxygens (including phenoxy) is 2. The number of unbranched alkanes of at least 4 members (excludes halogenated alkanes) is 10. The summed E-state index contributed by atoms with van der Waals surface area (Å²) in [6.45, 7) is 8.51. The van der Waals surface area contributed by atoms with Crippen LogP contribution in [0, 0.1) is 0 Å². The third-order valence-electron chi connectivity index (χ3n) is 4.15. The van der Waals surface area contributed by atoms with Gasteiger partial charge < -0.3 is 9.47 Å². The predicted molar refractivity (Wildman–Crippen MR) is 97.4 cm³/mol. The lowest BCUT2D eigenvalue weighted by molar-refractivity contribution is -0.148. The van der Waals surface area contributed by atoms with Gasteiger partial charge in [0.25, 0.3) is 0 Å². The zero-order valence-corrected chi connectivity index (χ0v) is 15.7. The first kappa shape index (κ1) is 21.9. The molecule has 0 bridgehead atoms. The van der Waals surface area contributed by atoms with Crippen molar-refractivity contribution < 1.29 is 9.47 Å². The molecule has 0 unspecified atom stereocenters. The molecule has 0 aromatic rings. The molecule has 22 heavy (non-hydrogen) atoms. The van der Waals surface area contributed by atoms with Crippen molar-refractivity contribution >= 4 is 0 Å². The van der Waals surface area contributed by atoms with Crippen molar-refractivity contribution in [2.75, 3.05) is 13.2 Å². The van der Waals surface area contributed by atoms with Gasteiger partial charge in [-0.05, 0) is 25.7 Å². The van der Waals surface area contributed by atoms with Gasteiger partial charge in [-0.1, -0.05) is 85.0 Å². The fourth-order valence-corrected chi connectivity index (χ4v) is 2.62. The van der Waals surface area contributed by atoms with Crippen molar-refractivity contribution in [3.05, 3.63) is 0 Å². The summed E-state index contributed by atoms with van der Waals surface area (Å²) >= 11 is 0. The van der Waals surface area contributed by atoms with Crippen LogP contribution in [0.4, 0.5) is 0 Å². The van der Waals surface area contributed by atoms with Gasteiger partial charge in [0.1, 0.15) is 0 Å². The summed E-state index contributed by atoms with van der Waals surface area (Å²) in [7, 11) is 0. The Morgan fingerprint density at radius 2 is 0.909 bits per heavy atom. The van der Waals surface area contributed by atoms with Crippen LogP contribution < -0.4 is 0 Å². The van der Waals surface area contributed by atoms with E-state index < -0.39 is 0 Å². The Bertz CT molecular complexity index is 178. The van der Waals surface area contributed by atoms with Crippen LogP contribution in [0.25, 0.3) is 0 Å². The minimum atomic E-state index is 0.0453. The maximum absolute atomic E-state index is 5.97. The molecule has 0 aromatic heterocycles. The largest absolute Gasteiger partial charge is 0.353 e. The average Bonchev–Trinajstić information content (AvgIpc) is 2.53. The smallest absolute Gasteiger partial charge is 0.157 e. The van der Waals surface area contributed by atoms with Gasteiger partial charge in [-0.2, -0.15) is 0 Å². The Morgan fingerprint density at radius 3 is 1.36 bits per heavy atom. The Balaban J connectivity index is 3.65. The highest BCUT2D eigenvalue weighted by molar-refractivity contribution is 4.50. The van der Waals surface area contributed by atoms with E-state index in [2.05, 4.69) is 20.8 Å². The van der Waals surface area contributed by atoms with Gasteiger partial charge in [0.05, 0.1) is 0 Å². The molecule has 134 valence electrons. The van der Waals surface area contributed by atoms with E-state index in [0.717, 1.165) is 19.6 Å². The molecule has 2 nitrogen and oxygen atoms in total. The second-order valence-electron chi connectivity index (χ2n) is 6.50. The van der Waals surface area contributed by atoms with E-state index in [1.807, 2.05) is 0 Å². The van der Waals surface area contributed by atoms with E-state index >= 15 is 0 Å². The lowest BCUT2D eigenvalue weighted by Crippen LogP contribution is -2.19. The maximum Gasteiger partial charge on any atom is 0.157 e. The first-order valence-electron chi connectivity index (χ1n) is 10.1. The second kappa shape index (κ2) is 19.0. The van der Waals surface area contributed by atoms with Crippen molar-refractivity contribution in [1.29, 1.82) is 0 Å². The molecule has 0 aromatic carbocycles. The van der Waals surface area contributed by atoms with E-state index in [4.69, 9.17) is 9.47 Å². The van der Waals surface area contributed by atoms with Gasteiger partial charge in [0, 0.05) is 13.2 Å². The van der Waals surface area contributed by atoms with Crippen LogP contribution in [-0.2, 0) is 9.47 Å². The quantitative estimate of drug-likeness (QED) is 0.203. The van der Waals surface area contributed by atoms with Crippen LogP contribution in [0.1, 0.15) is 111 Å². The van der Waals surface area contributed by atoms with Crippen molar-refractivity contribution in [2.45, 2.75) is 117 Å². The van der Waals surface area contributed by atoms with Crippen LogP contribution in [-0.4, -0.2) is 19.5 Å². The third-order valence-corrected chi connectivity index (χ3v) is 4.15. The molecule has 0 saturated heterocycles. The first-order chi connectivity index (χ1) is 10.8. The van der Waals surface area contributed by atoms with Gasteiger partial charge in [-0.25, -0.2) is 0 Å². The molecule has 0 aliphatic heterocycles. The van der Waals surface area contributed by atoms with Crippen LogP contribution in [0.3, 0.4) is 0 Å². The lowest BCUT2D eigenvalue weighted by atomic mass is 10.1. The van der Waals surface area contributed by atoms with Gasteiger partial charge in [-0.15, -0.1) is 0 Å². The molecular formula is C20H42O2. The summed E-state index contributed by atoms with van der Waals surface area (Å²) in [5.41, 5.74) is 0. The fraction of sp³-hybridized carbons (Fsp3) is 1.00. The summed E-state index contributed by atoms with van der Waals surface area (Å²) in [6.07, 6.45) is 17.9. The first-order valence-corrected chi connectivity index (χ1v) is 10.1. The summed E-state index contributed by atoms with van der Waals surface area (Å²) in [5, 5.41) is 0. The Hall–Kier alpha value is -0.0800. The van der Waals surface area contributed by atoms with Crippen molar-refractivity contribution in [3.8, 4) is 0 Å². The molecule has 0 rings (SSSR count). The van der Waals surface area contributed by atoms with E-state index in [1.54, 1.807) is 0 Å². The monoisotopic (exact) mass is 314 g/mol. The van der Waals surface area contributed by atoms with E-state index in [1.165, 1.54) is 83.5 Å². The highest BCUT2D eigenvalue weighted by Gasteiger charge is 2.08. The number of hydrogen-bond donors (Lipinski definition) is 0. The molecular weight excluding hydrogens is 272 g/mol. The molecule has 0 fully saturated rings. The summed E-state index contributed by atoms with van der Waals surface area (Å²) in [5.74, 6) is 0. The molecule has 0 radical (unpaired) electrons. The van der Waals surface area contributed by atoms with Gasteiger partial charge in [0.2, 0.25) is 0 Å². The highest BCUT2D eigenvalue weighted by atomic mass is 16.7. The molecule has 0 aliphatic rings. The molecule has 0 N–H and O–H groups in total. The number of hydrogen-bond acceptors (Lipinski definition) is 2. The predicted octanol–water partition coefficient (Wildman–Crippen LogP) is 6.87. The van der Waals surface area contributed by atoms with Crippen molar-refractivity contribution in [1.82, 2.24) is 0 Å². The highest BCUT2D eigenvalue weighted by Crippen LogP contribution is 2.12. The zero-order chi connectivity index (χ0) is 16.3. The molecule has 0 atom stereocenters. The topological polar surface area (TPSA) is 18.5 Å². The van der Waals surface area contributed by atoms with Crippen molar-refractivity contribution in [3.63, 3.8) is 0 Å². The lowest BCUT2D eigenvalue weighted by Gasteiger charge is -2.18. The minimum Gasteiger partial charge on any atom is -0.353 e. The van der Waals surface area contributed by atoms with Crippen LogP contribution >= 0.6 is 0 Å². The molecule has 0 amide bonds. The normalized spacial score (nSPS) is 11.5. The van der Waals surface area contributed by atoms with Gasteiger partial charge in [0.15, 0.2) is 6.29 Å². The van der Waals surface area contributed by atoms with Gasteiger partial charge in [-0.3, -0.25) is 0 Å². The zero-order valence-electron chi connectivity index (χ0n) is 15.7. The van der Waals surface area contributed by atoms with Crippen molar-refractivity contribution in [2.24, 2.45) is 0 Å². The standard InChI is InChI=1S/C20H42O2/c1-4-7-10-12-15-18-21-20(17-14-9-6-3)22-19-16-13-11-8-5-2/h20H,4-19H2,1-3H3. The minimum absolute atomic E-state index is 0.0453. The second-order valence-corrected chi connectivity index (χ2v) is 6.50. The Labute approximate surface area is 140 Å². The molecule has 0 saturated carbocycles.